The summed E-state index contributed by atoms with van der Waals surface area (Å²) in [5.74, 6) is -2.21. The molecule has 0 saturated carbocycles. The molecule has 2 unspecified atom stereocenters. The molecule has 3 aliphatic rings. The minimum absolute atomic E-state index is 0.162. The number of fused-ring (bicyclic) bond motifs is 3. The van der Waals surface area contributed by atoms with Crippen LogP contribution in [0.25, 0.3) is 0 Å². The maximum atomic E-state index is 11.3. The molecule has 1 aromatic rings. The summed E-state index contributed by atoms with van der Waals surface area (Å²) >= 11 is 0. The van der Waals surface area contributed by atoms with Gasteiger partial charge >= 0.3 is 17.8 Å². The minimum atomic E-state index is -1.21. The van der Waals surface area contributed by atoms with Gasteiger partial charge in [-0.3, -0.25) is 0 Å². The van der Waals surface area contributed by atoms with Gasteiger partial charge in [-0.1, -0.05) is 0 Å². The van der Waals surface area contributed by atoms with Gasteiger partial charge in [0.25, 0.3) is 0 Å². The van der Waals surface area contributed by atoms with E-state index in [9.17, 15) is 9.59 Å². The number of aromatic nitrogens is 4. The SMILES string of the molecule is Cn1nnnc1C12CCN(C1)C1(CC2)OC(=O)C(=O)O1. The molecule has 0 N–H and O–H groups in total. The second-order valence-corrected chi connectivity index (χ2v) is 5.57. The number of piperidine rings is 1. The molecule has 4 rings (SSSR count). The standard InChI is InChI=1S/C11H13N5O4/c1-15-9(12-13-14-15)10-2-3-11(16(6-10)5-4-10)19-7(17)8(18)20-11/h2-6H2,1H3. The zero-order chi connectivity index (χ0) is 14.0. The molecule has 1 aromatic heterocycles. The Bertz CT molecular complexity index is 598. The van der Waals surface area contributed by atoms with Crippen LogP contribution in [-0.4, -0.2) is 56.0 Å². The maximum Gasteiger partial charge on any atom is 0.421 e. The van der Waals surface area contributed by atoms with Crippen molar-refractivity contribution < 1.29 is 19.1 Å². The molecule has 0 aromatic carbocycles. The molecule has 0 amide bonds. The van der Waals surface area contributed by atoms with Crippen LogP contribution in [0.15, 0.2) is 0 Å². The number of carbonyl (C=O) groups is 2. The van der Waals surface area contributed by atoms with Crippen molar-refractivity contribution in [2.45, 2.75) is 30.6 Å². The third-order valence-corrected chi connectivity index (χ3v) is 4.52. The quantitative estimate of drug-likeness (QED) is 0.462. The Balaban J connectivity index is 1.66. The van der Waals surface area contributed by atoms with Gasteiger partial charge in [0.1, 0.15) is 0 Å². The van der Waals surface area contributed by atoms with E-state index in [1.54, 1.807) is 4.68 Å². The van der Waals surface area contributed by atoms with Gasteiger partial charge in [-0.05, 0) is 23.3 Å². The Morgan fingerprint density at radius 3 is 2.55 bits per heavy atom. The van der Waals surface area contributed by atoms with Gasteiger partial charge in [0.05, 0.1) is 0 Å². The van der Waals surface area contributed by atoms with E-state index in [1.165, 1.54) is 0 Å². The maximum absolute atomic E-state index is 11.3. The Kier molecular flexibility index (Phi) is 2.08. The molecule has 0 aliphatic carbocycles. The Labute approximate surface area is 113 Å². The van der Waals surface area contributed by atoms with Gasteiger partial charge < -0.3 is 9.47 Å². The van der Waals surface area contributed by atoms with E-state index in [2.05, 4.69) is 15.5 Å². The van der Waals surface area contributed by atoms with Gasteiger partial charge in [0, 0.05) is 32.0 Å². The lowest BCUT2D eigenvalue weighted by atomic mass is 9.79. The van der Waals surface area contributed by atoms with Crippen molar-refractivity contribution in [3.8, 4) is 0 Å². The first-order valence-corrected chi connectivity index (χ1v) is 6.49. The molecule has 4 heterocycles. The molecule has 2 bridgehead atoms. The Morgan fingerprint density at radius 2 is 1.90 bits per heavy atom. The molecule has 20 heavy (non-hydrogen) atoms. The summed E-state index contributed by atoms with van der Waals surface area (Å²) in [6.07, 6.45) is 1.99. The number of ether oxygens (including phenoxy) is 2. The van der Waals surface area contributed by atoms with Crippen LogP contribution in [0.5, 0.6) is 0 Å². The number of carbonyl (C=O) groups excluding carboxylic acids is 2. The zero-order valence-corrected chi connectivity index (χ0v) is 10.9. The first kappa shape index (κ1) is 11.8. The van der Waals surface area contributed by atoms with Crippen LogP contribution in [-0.2, 0) is 31.5 Å². The average molecular weight is 279 g/mol. The molecular formula is C11H13N5O4. The molecule has 2 atom stereocenters. The first-order chi connectivity index (χ1) is 9.55. The van der Waals surface area contributed by atoms with Crippen molar-refractivity contribution in [2.75, 3.05) is 13.1 Å². The number of aryl methyl sites for hydroxylation is 1. The molecule has 3 fully saturated rings. The van der Waals surface area contributed by atoms with Crippen molar-refractivity contribution in [2.24, 2.45) is 7.05 Å². The third kappa shape index (κ3) is 1.33. The normalized spacial score (nSPS) is 34.4. The van der Waals surface area contributed by atoms with Crippen molar-refractivity contribution in [3.63, 3.8) is 0 Å². The lowest BCUT2D eigenvalue weighted by molar-refractivity contribution is -0.259. The molecule has 0 radical (unpaired) electrons. The fraction of sp³-hybridized carbons (Fsp3) is 0.727. The monoisotopic (exact) mass is 279 g/mol. The highest BCUT2D eigenvalue weighted by Gasteiger charge is 2.62. The first-order valence-electron chi connectivity index (χ1n) is 6.49. The summed E-state index contributed by atoms with van der Waals surface area (Å²) in [4.78, 5) is 24.5. The highest BCUT2D eigenvalue weighted by Crippen LogP contribution is 2.49. The van der Waals surface area contributed by atoms with E-state index < -0.39 is 17.8 Å². The van der Waals surface area contributed by atoms with E-state index in [0.717, 1.165) is 12.2 Å². The highest BCUT2D eigenvalue weighted by atomic mass is 16.8. The van der Waals surface area contributed by atoms with Crippen molar-refractivity contribution in [1.82, 2.24) is 25.1 Å². The lowest BCUT2D eigenvalue weighted by Gasteiger charge is -2.41. The van der Waals surface area contributed by atoms with Gasteiger partial charge in [0.15, 0.2) is 5.82 Å². The highest BCUT2D eigenvalue weighted by molar-refractivity contribution is 6.31. The lowest BCUT2D eigenvalue weighted by Crippen LogP contribution is -2.54. The van der Waals surface area contributed by atoms with Crippen LogP contribution in [0.3, 0.4) is 0 Å². The van der Waals surface area contributed by atoms with Gasteiger partial charge in [-0.15, -0.1) is 5.10 Å². The number of hydrogen-bond donors (Lipinski definition) is 0. The zero-order valence-electron chi connectivity index (χ0n) is 10.9. The summed E-state index contributed by atoms with van der Waals surface area (Å²) in [6, 6.07) is 0. The minimum Gasteiger partial charge on any atom is -0.400 e. The van der Waals surface area contributed by atoms with Crippen LogP contribution >= 0.6 is 0 Å². The molecule has 1 spiro atoms. The summed E-state index contributed by atoms with van der Waals surface area (Å²) in [7, 11) is 1.81. The predicted octanol–water partition coefficient (Wildman–Crippen LogP) is -1.30. The van der Waals surface area contributed by atoms with E-state index in [-0.39, 0.29) is 5.41 Å². The Morgan fingerprint density at radius 1 is 1.15 bits per heavy atom. The second kappa shape index (κ2) is 3.54. The van der Waals surface area contributed by atoms with Crippen LogP contribution in [0.2, 0.25) is 0 Å². The summed E-state index contributed by atoms with van der Waals surface area (Å²) in [6.45, 7) is 1.29. The summed E-state index contributed by atoms with van der Waals surface area (Å²) < 4.78 is 12.0. The van der Waals surface area contributed by atoms with Crippen LogP contribution in [0.1, 0.15) is 25.1 Å². The largest absolute Gasteiger partial charge is 0.421 e. The smallest absolute Gasteiger partial charge is 0.400 e. The number of nitrogens with zero attached hydrogens (tertiary/aromatic N) is 5. The molecule has 3 saturated heterocycles. The fourth-order valence-electron chi connectivity index (χ4n) is 3.52. The number of hydrogen-bond acceptors (Lipinski definition) is 8. The molecule has 106 valence electrons. The van der Waals surface area contributed by atoms with E-state index in [1.807, 2.05) is 11.9 Å². The molecule has 9 heteroatoms. The van der Waals surface area contributed by atoms with E-state index >= 15 is 0 Å². The Hall–Kier alpha value is -2.03. The number of esters is 2. The van der Waals surface area contributed by atoms with Crippen molar-refractivity contribution >= 4 is 11.9 Å². The molecule has 3 aliphatic heterocycles. The topological polar surface area (TPSA) is 99.4 Å². The molecule has 9 nitrogen and oxygen atoms in total. The van der Waals surface area contributed by atoms with Crippen LogP contribution in [0.4, 0.5) is 0 Å². The predicted molar refractivity (Wildman–Crippen MR) is 60.8 cm³/mol. The van der Waals surface area contributed by atoms with E-state index in [0.29, 0.717) is 25.9 Å². The fourth-order valence-corrected chi connectivity index (χ4v) is 3.52. The van der Waals surface area contributed by atoms with Crippen molar-refractivity contribution in [1.29, 1.82) is 0 Å². The number of tetrazole rings is 1. The summed E-state index contributed by atoms with van der Waals surface area (Å²) in [5.41, 5.74) is -0.162. The van der Waals surface area contributed by atoms with Gasteiger partial charge in [-0.2, -0.15) is 0 Å². The van der Waals surface area contributed by atoms with Gasteiger partial charge in [0.2, 0.25) is 0 Å². The van der Waals surface area contributed by atoms with Crippen LogP contribution in [0, 0.1) is 0 Å². The number of rotatable bonds is 1. The third-order valence-electron chi connectivity index (χ3n) is 4.52. The molecular weight excluding hydrogens is 266 g/mol. The van der Waals surface area contributed by atoms with Crippen molar-refractivity contribution in [3.05, 3.63) is 5.82 Å². The second-order valence-electron chi connectivity index (χ2n) is 5.57. The van der Waals surface area contributed by atoms with E-state index in [4.69, 9.17) is 9.47 Å². The average Bonchev–Trinajstić information content (AvgIpc) is 3.06. The van der Waals surface area contributed by atoms with Crippen LogP contribution < -0.4 is 0 Å². The van der Waals surface area contributed by atoms with Gasteiger partial charge in [-0.25, -0.2) is 19.2 Å². The summed E-state index contributed by atoms with van der Waals surface area (Å²) in [5, 5.41) is 11.7.